The standard InChI is InChI=1S/C24H31N5O4S2/c1-4-33-19-7-10-21-22(17-19)34-24(26-21)29-15-13-28(14-16-29)12-11-25-23(30)18-5-8-20(9-6-18)35(31,32)27(2)3/h5-10,17H,4,11-16H2,1-3H3,(H,25,30). The SMILES string of the molecule is CCOc1ccc2nc(N3CCN(CCNC(=O)c4ccc(S(=O)(=O)N(C)C)cc4)CC3)sc2c1. The molecule has 0 saturated carbocycles. The summed E-state index contributed by atoms with van der Waals surface area (Å²) in [6.07, 6.45) is 0. The number of nitrogens with one attached hydrogen (secondary N) is 1. The molecule has 1 aromatic heterocycles. The fraction of sp³-hybridized carbons (Fsp3) is 0.417. The van der Waals surface area contributed by atoms with Crippen LogP contribution in [-0.2, 0) is 10.0 Å². The number of aromatic nitrogens is 1. The van der Waals surface area contributed by atoms with E-state index >= 15 is 0 Å². The van der Waals surface area contributed by atoms with Gasteiger partial charge in [-0.1, -0.05) is 11.3 Å². The van der Waals surface area contributed by atoms with Gasteiger partial charge in [-0.25, -0.2) is 17.7 Å². The van der Waals surface area contributed by atoms with E-state index in [0.29, 0.717) is 18.7 Å². The third kappa shape index (κ3) is 5.92. The Morgan fingerprint density at radius 2 is 1.83 bits per heavy atom. The van der Waals surface area contributed by atoms with Crippen LogP contribution in [0.3, 0.4) is 0 Å². The number of fused-ring (bicyclic) bond motifs is 1. The number of rotatable bonds is 9. The van der Waals surface area contributed by atoms with Gasteiger partial charge in [0.25, 0.3) is 5.91 Å². The maximum Gasteiger partial charge on any atom is 0.251 e. The second-order valence-electron chi connectivity index (χ2n) is 8.46. The Bertz CT molecular complexity index is 1270. The van der Waals surface area contributed by atoms with Gasteiger partial charge in [0, 0.05) is 58.9 Å². The van der Waals surface area contributed by atoms with Crippen molar-refractivity contribution in [1.29, 1.82) is 0 Å². The number of anilines is 1. The van der Waals surface area contributed by atoms with Gasteiger partial charge >= 0.3 is 0 Å². The molecule has 1 amide bonds. The van der Waals surface area contributed by atoms with Gasteiger partial charge in [-0.15, -0.1) is 0 Å². The fourth-order valence-corrected chi connectivity index (χ4v) is 5.81. The molecule has 1 N–H and O–H groups in total. The third-order valence-electron chi connectivity index (χ3n) is 5.91. The highest BCUT2D eigenvalue weighted by molar-refractivity contribution is 7.89. The Balaban J connectivity index is 1.24. The quantitative estimate of drug-likeness (QED) is 0.466. The molecular formula is C24H31N5O4S2. The number of thiazole rings is 1. The number of nitrogens with zero attached hydrogens (tertiary/aromatic N) is 4. The second-order valence-corrected chi connectivity index (χ2v) is 11.6. The molecule has 11 heteroatoms. The summed E-state index contributed by atoms with van der Waals surface area (Å²) in [5.74, 6) is 0.662. The molecule has 188 valence electrons. The van der Waals surface area contributed by atoms with Crippen LogP contribution in [0.1, 0.15) is 17.3 Å². The lowest BCUT2D eigenvalue weighted by Gasteiger charge is -2.34. The molecule has 1 saturated heterocycles. The first kappa shape index (κ1) is 25.4. The summed E-state index contributed by atoms with van der Waals surface area (Å²) < 4.78 is 32.2. The predicted octanol–water partition coefficient (Wildman–Crippen LogP) is 2.50. The molecule has 35 heavy (non-hydrogen) atoms. The first-order valence-corrected chi connectivity index (χ1v) is 13.8. The molecule has 2 heterocycles. The van der Waals surface area contributed by atoms with Gasteiger partial charge in [-0.2, -0.15) is 0 Å². The highest BCUT2D eigenvalue weighted by Gasteiger charge is 2.21. The summed E-state index contributed by atoms with van der Waals surface area (Å²) in [7, 11) is -0.547. The van der Waals surface area contributed by atoms with E-state index in [2.05, 4.69) is 15.1 Å². The molecule has 0 radical (unpaired) electrons. The lowest BCUT2D eigenvalue weighted by molar-refractivity contribution is 0.0947. The summed E-state index contributed by atoms with van der Waals surface area (Å²) in [5, 5.41) is 3.96. The van der Waals surface area contributed by atoms with Crippen LogP contribution in [0.5, 0.6) is 5.75 Å². The van der Waals surface area contributed by atoms with E-state index in [-0.39, 0.29) is 10.8 Å². The average molecular weight is 518 g/mol. The molecule has 3 aromatic rings. The largest absolute Gasteiger partial charge is 0.494 e. The lowest BCUT2D eigenvalue weighted by Crippen LogP contribution is -2.48. The number of piperazine rings is 1. The Hall–Kier alpha value is -2.73. The second kappa shape index (κ2) is 10.9. The molecule has 0 spiro atoms. The van der Waals surface area contributed by atoms with E-state index < -0.39 is 10.0 Å². The molecule has 9 nitrogen and oxygen atoms in total. The summed E-state index contributed by atoms with van der Waals surface area (Å²) in [6.45, 7) is 7.46. The van der Waals surface area contributed by atoms with E-state index in [1.54, 1.807) is 23.5 Å². The fourth-order valence-electron chi connectivity index (χ4n) is 3.87. The molecule has 4 rings (SSSR count). The molecule has 0 unspecified atom stereocenters. The van der Waals surface area contributed by atoms with Gasteiger partial charge in [0.15, 0.2) is 5.13 Å². The monoisotopic (exact) mass is 517 g/mol. The first-order chi connectivity index (χ1) is 16.8. The topological polar surface area (TPSA) is 95.1 Å². The number of hydrogen-bond donors (Lipinski definition) is 1. The number of benzene rings is 2. The number of sulfonamides is 1. The van der Waals surface area contributed by atoms with Gasteiger partial charge in [-0.05, 0) is 49.4 Å². The van der Waals surface area contributed by atoms with Crippen LogP contribution in [0, 0.1) is 0 Å². The van der Waals surface area contributed by atoms with E-state index in [1.165, 1.54) is 26.2 Å². The summed E-state index contributed by atoms with van der Waals surface area (Å²) >= 11 is 1.69. The van der Waals surface area contributed by atoms with Gasteiger partial charge in [0.2, 0.25) is 10.0 Å². The minimum atomic E-state index is -3.51. The number of ether oxygens (including phenoxy) is 1. The Morgan fingerprint density at radius 1 is 1.11 bits per heavy atom. The van der Waals surface area contributed by atoms with Crippen molar-refractivity contribution in [2.75, 3.05) is 64.9 Å². The maximum atomic E-state index is 12.5. The zero-order chi connectivity index (χ0) is 25.0. The molecule has 1 aliphatic rings. The highest BCUT2D eigenvalue weighted by Crippen LogP contribution is 2.32. The summed E-state index contributed by atoms with van der Waals surface area (Å²) in [4.78, 5) is 22.0. The Morgan fingerprint density at radius 3 is 2.49 bits per heavy atom. The normalized spacial score (nSPS) is 15.0. The first-order valence-electron chi connectivity index (χ1n) is 11.6. The van der Waals surface area contributed by atoms with E-state index in [4.69, 9.17) is 9.72 Å². The van der Waals surface area contributed by atoms with E-state index in [0.717, 1.165) is 58.1 Å². The predicted molar refractivity (Wildman–Crippen MR) is 139 cm³/mol. The molecule has 1 aliphatic heterocycles. The van der Waals surface area contributed by atoms with Crippen LogP contribution >= 0.6 is 11.3 Å². The smallest absolute Gasteiger partial charge is 0.251 e. The molecule has 2 aromatic carbocycles. The molecular weight excluding hydrogens is 486 g/mol. The average Bonchev–Trinajstić information content (AvgIpc) is 3.28. The van der Waals surface area contributed by atoms with Crippen LogP contribution in [-0.4, -0.2) is 88.5 Å². The van der Waals surface area contributed by atoms with Crippen LogP contribution < -0.4 is 15.0 Å². The zero-order valence-corrected chi connectivity index (χ0v) is 21.9. The summed E-state index contributed by atoms with van der Waals surface area (Å²) in [6, 6.07) is 12.0. The lowest BCUT2D eigenvalue weighted by atomic mass is 10.2. The van der Waals surface area contributed by atoms with Crippen LogP contribution in [0.15, 0.2) is 47.4 Å². The third-order valence-corrected chi connectivity index (χ3v) is 8.82. The molecule has 1 fully saturated rings. The van der Waals surface area contributed by atoms with Gasteiger partial charge in [0.05, 0.1) is 21.7 Å². The van der Waals surface area contributed by atoms with Crippen molar-refractivity contribution in [3.8, 4) is 5.75 Å². The molecule has 0 aliphatic carbocycles. The van der Waals surface area contributed by atoms with Crippen molar-refractivity contribution in [2.45, 2.75) is 11.8 Å². The van der Waals surface area contributed by atoms with Crippen LogP contribution in [0.2, 0.25) is 0 Å². The minimum Gasteiger partial charge on any atom is -0.494 e. The number of carbonyl (C=O) groups is 1. The maximum absolute atomic E-state index is 12.5. The summed E-state index contributed by atoms with van der Waals surface area (Å²) in [5.41, 5.74) is 1.43. The molecule has 0 atom stereocenters. The van der Waals surface area contributed by atoms with Crippen LogP contribution in [0.25, 0.3) is 10.2 Å². The van der Waals surface area contributed by atoms with Crippen molar-refractivity contribution in [3.63, 3.8) is 0 Å². The highest BCUT2D eigenvalue weighted by atomic mass is 32.2. The number of carbonyl (C=O) groups excluding carboxylic acids is 1. The Labute approximate surface area is 210 Å². The van der Waals surface area contributed by atoms with Crippen molar-refractivity contribution in [1.82, 2.24) is 19.5 Å². The molecule has 0 bridgehead atoms. The van der Waals surface area contributed by atoms with Crippen LogP contribution in [0.4, 0.5) is 5.13 Å². The van der Waals surface area contributed by atoms with Crippen molar-refractivity contribution >= 4 is 42.6 Å². The van der Waals surface area contributed by atoms with Gasteiger partial charge in [0.1, 0.15) is 5.75 Å². The van der Waals surface area contributed by atoms with E-state index in [9.17, 15) is 13.2 Å². The van der Waals surface area contributed by atoms with Crippen molar-refractivity contribution < 1.29 is 17.9 Å². The van der Waals surface area contributed by atoms with E-state index in [1.807, 2.05) is 25.1 Å². The number of hydrogen-bond acceptors (Lipinski definition) is 8. The van der Waals surface area contributed by atoms with Crippen molar-refractivity contribution in [2.24, 2.45) is 0 Å². The van der Waals surface area contributed by atoms with Gasteiger partial charge in [-0.3, -0.25) is 9.69 Å². The van der Waals surface area contributed by atoms with Gasteiger partial charge < -0.3 is 15.0 Å². The zero-order valence-electron chi connectivity index (χ0n) is 20.2. The Kier molecular flexibility index (Phi) is 7.90. The van der Waals surface area contributed by atoms with Crippen molar-refractivity contribution in [3.05, 3.63) is 48.0 Å². The minimum absolute atomic E-state index is 0.166. The number of amides is 1.